The first-order chi connectivity index (χ1) is 45.5. The third kappa shape index (κ3) is 18.3. The molecule has 1 heterocycles. The molecule has 3 N–H and O–H groups in total. The summed E-state index contributed by atoms with van der Waals surface area (Å²) in [5.74, 6) is -5.55. The monoisotopic (exact) mass is 1250 g/mol. The molecule has 18 nitrogen and oxygen atoms in total. The molecule has 3 amide bonds. The highest BCUT2D eigenvalue weighted by Gasteiger charge is 2.36. The summed E-state index contributed by atoms with van der Waals surface area (Å²) in [5.41, 5.74) is 5.14. The molecule has 1 aliphatic heterocycles. The fourth-order valence-corrected chi connectivity index (χ4v) is 9.66. The fourth-order valence-electron chi connectivity index (χ4n) is 9.66. The Labute approximate surface area is 537 Å². The number of cyclic esters (lactones) is 3. The molecule has 18 heteroatoms. The Kier molecular flexibility index (Phi) is 22.6. The SMILES string of the molecule is C/C=C/c1cc(OCc2ccccc2)c(OCc2ccccc2)c(C(=O)N[C@H]2COC(=O)[C@@H](NC(=O)c3cccc(OCc4ccccc4)c3OCc3ccccc3)COC(=O)[C@@H](NC(=O)c3cccc(OCc4ccccc4)c3OCc3ccccc3)COC2=O)c1. The summed E-state index contributed by atoms with van der Waals surface area (Å²) < 4.78 is 55.3. The zero-order chi connectivity index (χ0) is 64.6. The van der Waals surface area contributed by atoms with E-state index in [4.69, 9.17) is 42.6 Å². The maximum absolute atomic E-state index is 15.0. The van der Waals surface area contributed by atoms with Crippen LogP contribution < -0.4 is 44.4 Å². The summed E-state index contributed by atoms with van der Waals surface area (Å²) in [4.78, 5) is 88.3. The highest BCUT2D eigenvalue weighted by atomic mass is 16.6. The van der Waals surface area contributed by atoms with Gasteiger partial charge < -0.3 is 58.6 Å². The molecule has 0 aromatic heterocycles. The minimum Gasteiger partial charge on any atom is -0.485 e. The van der Waals surface area contributed by atoms with Crippen LogP contribution in [0.25, 0.3) is 6.08 Å². The van der Waals surface area contributed by atoms with Crippen molar-refractivity contribution in [1.82, 2.24) is 16.0 Å². The first-order valence-corrected chi connectivity index (χ1v) is 30.0. The molecule has 0 unspecified atom stereocenters. The molecular formula is C75H67N3O15. The second-order valence-corrected chi connectivity index (χ2v) is 21.3. The Hall–Kier alpha value is -11.7. The van der Waals surface area contributed by atoms with Crippen molar-refractivity contribution < 1.29 is 71.4 Å². The number of hydrogen-bond acceptors (Lipinski definition) is 15. The first kappa shape index (κ1) is 64.3. The van der Waals surface area contributed by atoms with Crippen molar-refractivity contribution in [3.8, 4) is 34.5 Å². The van der Waals surface area contributed by atoms with E-state index in [2.05, 4.69) is 16.0 Å². The molecule has 1 fully saturated rings. The average Bonchev–Trinajstić information content (AvgIpc) is 0.943. The predicted molar refractivity (Wildman–Crippen MR) is 345 cm³/mol. The van der Waals surface area contributed by atoms with Crippen LogP contribution in [-0.4, -0.2) is 73.6 Å². The highest BCUT2D eigenvalue weighted by molar-refractivity contribution is 6.02. The number of amides is 3. The molecule has 1 aliphatic rings. The summed E-state index contributed by atoms with van der Waals surface area (Å²) in [5, 5.41) is 7.94. The summed E-state index contributed by atoms with van der Waals surface area (Å²) in [7, 11) is 0. The molecule has 472 valence electrons. The first-order valence-electron chi connectivity index (χ1n) is 30.0. The minimum atomic E-state index is -1.81. The fraction of sp³-hybridized carbons (Fsp3) is 0.173. The van der Waals surface area contributed by atoms with E-state index in [1.54, 1.807) is 55.5 Å². The van der Waals surface area contributed by atoms with Crippen LogP contribution in [0.3, 0.4) is 0 Å². The summed E-state index contributed by atoms with van der Waals surface area (Å²) in [6.07, 6.45) is 3.52. The maximum Gasteiger partial charge on any atom is 0.332 e. The normalized spacial score (nSPS) is 14.9. The number of benzene rings is 9. The van der Waals surface area contributed by atoms with Crippen LogP contribution in [0.1, 0.15) is 76.9 Å². The number of para-hydroxylation sites is 2. The predicted octanol–water partition coefficient (Wildman–Crippen LogP) is 11.5. The van der Waals surface area contributed by atoms with Crippen LogP contribution in [0.2, 0.25) is 0 Å². The van der Waals surface area contributed by atoms with E-state index in [0.29, 0.717) is 5.56 Å². The van der Waals surface area contributed by atoms with Crippen molar-refractivity contribution in [1.29, 1.82) is 0 Å². The van der Waals surface area contributed by atoms with Crippen LogP contribution in [0.4, 0.5) is 0 Å². The molecule has 3 atom stereocenters. The number of carbonyl (C=O) groups is 6. The van der Waals surface area contributed by atoms with Gasteiger partial charge in [0.15, 0.2) is 52.6 Å². The molecule has 0 aliphatic carbocycles. The van der Waals surface area contributed by atoms with E-state index in [1.165, 1.54) is 12.1 Å². The lowest BCUT2D eigenvalue weighted by atomic mass is 10.1. The van der Waals surface area contributed by atoms with Gasteiger partial charge in [-0.3, -0.25) is 14.4 Å². The van der Waals surface area contributed by atoms with Gasteiger partial charge in [0, 0.05) is 0 Å². The Morgan fingerprint density at radius 3 is 0.946 bits per heavy atom. The third-order valence-corrected chi connectivity index (χ3v) is 14.5. The van der Waals surface area contributed by atoms with Crippen molar-refractivity contribution in [2.75, 3.05) is 19.8 Å². The average molecular weight is 1250 g/mol. The summed E-state index contributed by atoms with van der Waals surface area (Å²) in [6.45, 7) is -0.474. The number of esters is 3. The van der Waals surface area contributed by atoms with E-state index in [-0.39, 0.29) is 90.8 Å². The summed E-state index contributed by atoms with van der Waals surface area (Å²) >= 11 is 0. The Morgan fingerprint density at radius 2 is 0.634 bits per heavy atom. The quantitative estimate of drug-likeness (QED) is 0.0358. The van der Waals surface area contributed by atoms with Crippen LogP contribution in [0, 0.1) is 0 Å². The maximum atomic E-state index is 15.0. The van der Waals surface area contributed by atoms with Crippen molar-refractivity contribution in [2.45, 2.75) is 64.7 Å². The molecule has 1 saturated heterocycles. The van der Waals surface area contributed by atoms with Crippen molar-refractivity contribution >= 4 is 41.7 Å². The van der Waals surface area contributed by atoms with Crippen LogP contribution in [0.5, 0.6) is 34.5 Å². The van der Waals surface area contributed by atoms with E-state index in [0.717, 1.165) is 33.4 Å². The van der Waals surface area contributed by atoms with Crippen LogP contribution in [-0.2, 0) is 68.2 Å². The zero-order valence-electron chi connectivity index (χ0n) is 50.8. The van der Waals surface area contributed by atoms with Crippen molar-refractivity contribution in [3.05, 3.63) is 292 Å². The van der Waals surface area contributed by atoms with Crippen molar-refractivity contribution in [2.24, 2.45) is 0 Å². The topological polar surface area (TPSA) is 222 Å². The van der Waals surface area contributed by atoms with Gasteiger partial charge in [-0.15, -0.1) is 0 Å². The molecule has 93 heavy (non-hydrogen) atoms. The van der Waals surface area contributed by atoms with Gasteiger partial charge in [-0.05, 0) is 82.3 Å². The number of carbonyl (C=O) groups excluding carboxylic acids is 6. The second kappa shape index (κ2) is 32.7. The molecule has 0 bridgehead atoms. The Morgan fingerprint density at radius 1 is 0.355 bits per heavy atom. The van der Waals surface area contributed by atoms with Gasteiger partial charge in [0.25, 0.3) is 17.7 Å². The van der Waals surface area contributed by atoms with E-state index < -0.39 is 73.6 Å². The Balaban J connectivity index is 0.974. The molecule has 0 saturated carbocycles. The van der Waals surface area contributed by atoms with Gasteiger partial charge in [0.2, 0.25) is 0 Å². The molecule has 9 aromatic rings. The third-order valence-electron chi connectivity index (χ3n) is 14.5. The van der Waals surface area contributed by atoms with Gasteiger partial charge in [-0.2, -0.15) is 0 Å². The second-order valence-electron chi connectivity index (χ2n) is 21.3. The summed E-state index contributed by atoms with van der Waals surface area (Å²) in [6, 6.07) is 63.0. The molecule has 9 aromatic carbocycles. The zero-order valence-corrected chi connectivity index (χ0v) is 50.8. The number of allylic oxidation sites excluding steroid dienone is 1. The smallest absolute Gasteiger partial charge is 0.332 e. The van der Waals surface area contributed by atoms with E-state index >= 15 is 4.79 Å². The number of nitrogens with one attached hydrogen (secondary N) is 3. The lowest BCUT2D eigenvalue weighted by Crippen LogP contribution is -2.52. The van der Waals surface area contributed by atoms with E-state index in [9.17, 15) is 24.0 Å². The van der Waals surface area contributed by atoms with E-state index in [1.807, 2.05) is 182 Å². The number of hydrogen-bond donors (Lipinski definition) is 3. The lowest BCUT2D eigenvalue weighted by Gasteiger charge is -2.25. The Bertz CT molecular complexity index is 3860. The standard InChI is InChI=1S/C75H67N3O15/c1-2-23-57-40-60(69(90-47-56-34-19-8-20-35-56)66(41-57)87-44-53-28-13-5-14-29-53)72(81)78-63-50-93-74(83)61(76-70(79)58-36-21-38-64(85-42-51-24-9-3-10-25-51)67(58)88-45-54-30-15-6-16-31-54)48-91-73(82)62(49-92-75(63)84)77-71(80)59-37-22-39-65(86-43-52-26-11-4-12-27-52)68(59)89-46-55-32-17-7-18-33-55/h2-41,61-63H,42-50H2,1H3,(H,76,79)(H,77,80)(H,78,81)/b23-2+/t61-,62-,63-/m0/s1. The van der Waals surface area contributed by atoms with Gasteiger partial charge in [0.05, 0.1) is 16.7 Å². The van der Waals surface area contributed by atoms with Crippen molar-refractivity contribution in [3.63, 3.8) is 0 Å². The van der Waals surface area contributed by atoms with Gasteiger partial charge in [-0.25, -0.2) is 14.4 Å². The molecule has 0 spiro atoms. The van der Waals surface area contributed by atoms with Crippen LogP contribution in [0.15, 0.2) is 237 Å². The van der Waals surface area contributed by atoms with Gasteiger partial charge in [0.1, 0.15) is 59.5 Å². The molecule has 10 rings (SSSR count). The minimum absolute atomic E-state index is 0.00246. The lowest BCUT2D eigenvalue weighted by molar-refractivity contribution is -0.160. The number of rotatable bonds is 25. The number of ether oxygens (including phenoxy) is 9. The van der Waals surface area contributed by atoms with Gasteiger partial charge >= 0.3 is 17.9 Å². The van der Waals surface area contributed by atoms with Crippen LogP contribution >= 0.6 is 0 Å². The molecular weight excluding hydrogens is 1180 g/mol. The highest BCUT2D eigenvalue weighted by Crippen LogP contribution is 2.37. The molecule has 0 radical (unpaired) electrons. The largest absolute Gasteiger partial charge is 0.485 e. The van der Waals surface area contributed by atoms with Gasteiger partial charge in [-0.1, -0.05) is 206 Å².